The lowest BCUT2D eigenvalue weighted by atomic mass is 10.1. The van der Waals surface area contributed by atoms with Crippen LogP contribution in [0.25, 0.3) is 0 Å². The van der Waals surface area contributed by atoms with E-state index < -0.39 is 11.6 Å². The SMILES string of the molecule is CC(C)(O)CCOc1ccc(C(=O)O)cc1. The smallest absolute Gasteiger partial charge is 0.335 e. The Balaban J connectivity index is 2.47. The standard InChI is InChI=1S/C12H16O4/c1-12(2,15)7-8-16-10-5-3-9(4-6-10)11(13)14/h3-6,15H,7-8H2,1-2H3,(H,13,14). The molecule has 0 aliphatic rings. The molecule has 16 heavy (non-hydrogen) atoms. The van der Waals surface area contributed by atoms with Crippen LogP contribution in [0, 0.1) is 0 Å². The zero-order chi connectivity index (χ0) is 12.2. The number of hydrogen-bond donors (Lipinski definition) is 2. The quantitative estimate of drug-likeness (QED) is 0.801. The summed E-state index contributed by atoms with van der Waals surface area (Å²) in [5.74, 6) is -0.350. The van der Waals surface area contributed by atoms with E-state index in [4.69, 9.17) is 9.84 Å². The summed E-state index contributed by atoms with van der Waals surface area (Å²) in [6.45, 7) is 3.82. The summed E-state index contributed by atoms with van der Waals surface area (Å²) in [6, 6.07) is 6.19. The molecule has 1 aromatic carbocycles. The molecular weight excluding hydrogens is 208 g/mol. The van der Waals surface area contributed by atoms with E-state index in [1.165, 1.54) is 12.1 Å². The Morgan fingerprint density at radius 3 is 2.31 bits per heavy atom. The fourth-order valence-electron chi connectivity index (χ4n) is 1.11. The molecule has 0 atom stereocenters. The van der Waals surface area contributed by atoms with Crippen molar-refractivity contribution in [2.45, 2.75) is 25.9 Å². The lowest BCUT2D eigenvalue weighted by molar-refractivity contribution is 0.0553. The van der Waals surface area contributed by atoms with E-state index in [9.17, 15) is 9.90 Å². The van der Waals surface area contributed by atoms with E-state index in [1.807, 2.05) is 0 Å². The first-order valence-electron chi connectivity index (χ1n) is 5.07. The summed E-state index contributed by atoms with van der Waals surface area (Å²) in [4.78, 5) is 10.6. The maximum atomic E-state index is 10.6. The van der Waals surface area contributed by atoms with Gasteiger partial charge in [-0.2, -0.15) is 0 Å². The van der Waals surface area contributed by atoms with Gasteiger partial charge in [0.05, 0.1) is 17.8 Å². The van der Waals surface area contributed by atoms with Crippen molar-refractivity contribution < 1.29 is 19.7 Å². The Morgan fingerprint density at radius 2 is 1.88 bits per heavy atom. The van der Waals surface area contributed by atoms with E-state index >= 15 is 0 Å². The number of carboxylic acid groups (broad SMARTS) is 1. The van der Waals surface area contributed by atoms with Gasteiger partial charge in [-0.3, -0.25) is 0 Å². The second-order valence-electron chi connectivity index (χ2n) is 4.24. The molecule has 88 valence electrons. The second-order valence-corrected chi connectivity index (χ2v) is 4.24. The average Bonchev–Trinajstić information content (AvgIpc) is 2.16. The number of hydrogen-bond acceptors (Lipinski definition) is 3. The van der Waals surface area contributed by atoms with Crippen molar-refractivity contribution >= 4 is 5.97 Å². The van der Waals surface area contributed by atoms with Gasteiger partial charge >= 0.3 is 5.97 Å². The highest BCUT2D eigenvalue weighted by molar-refractivity contribution is 5.87. The minimum absolute atomic E-state index is 0.231. The molecule has 0 unspecified atom stereocenters. The molecule has 0 saturated carbocycles. The molecule has 1 aromatic rings. The molecule has 0 aromatic heterocycles. The van der Waals surface area contributed by atoms with E-state index in [0.717, 1.165) is 0 Å². The number of benzene rings is 1. The zero-order valence-corrected chi connectivity index (χ0v) is 9.43. The van der Waals surface area contributed by atoms with Gasteiger partial charge in [0.15, 0.2) is 0 Å². The molecule has 0 fully saturated rings. The van der Waals surface area contributed by atoms with Gasteiger partial charge in [-0.05, 0) is 38.1 Å². The van der Waals surface area contributed by atoms with Crippen LogP contribution in [-0.4, -0.2) is 28.4 Å². The first-order chi connectivity index (χ1) is 7.38. The van der Waals surface area contributed by atoms with Gasteiger partial charge in [0.25, 0.3) is 0 Å². The van der Waals surface area contributed by atoms with Crippen molar-refractivity contribution in [2.24, 2.45) is 0 Å². The molecule has 0 aliphatic carbocycles. The molecule has 0 spiro atoms. The number of aromatic carboxylic acids is 1. The Hall–Kier alpha value is -1.55. The predicted octanol–water partition coefficient (Wildman–Crippen LogP) is 1.92. The summed E-state index contributed by atoms with van der Waals surface area (Å²) >= 11 is 0. The number of aliphatic hydroxyl groups is 1. The zero-order valence-electron chi connectivity index (χ0n) is 9.43. The summed E-state index contributed by atoms with van der Waals surface area (Å²) in [7, 11) is 0. The maximum Gasteiger partial charge on any atom is 0.335 e. The molecule has 0 amide bonds. The van der Waals surface area contributed by atoms with Crippen LogP contribution in [0.4, 0.5) is 0 Å². The fraction of sp³-hybridized carbons (Fsp3) is 0.417. The molecule has 4 nitrogen and oxygen atoms in total. The third-order valence-electron chi connectivity index (χ3n) is 2.08. The topological polar surface area (TPSA) is 66.8 Å². The van der Waals surface area contributed by atoms with Crippen LogP contribution >= 0.6 is 0 Å². The van der Waals surface area contributed by atoms with Crippen LogP contribution in [-0.2, 0) is 0 Å². The fourth-order valence-corrected chi connectivity index (χ4v) is 1.11. The van der Waals surface area contributed by atoms with Crippen LogP contribution in [0.2, 0.25) is 0 Å². The number of carbonyl (C=O) groups is 1. The molecule has 0 heterocycles. The summed E-state index contributed by atoms with van der Waals surface area (Å²) in [5.41, 5.74) is -0.518. The molecule has 4 heteroatoms. The van der Waals surface area contributed by atoms with Crippen LogP contribution in [0.3, 0.4) is 0 Å². The summed E-state index contributed by atoms with van der Waals surface area (Å²) in [5, 5.41) is 18.1. The molecule has 0 radical (unpaired) electrons. The maximum absolute atomic E-state index is 10.6. The normalized spacial score (nSPS) is 11.2. The third kappa shape index (κ3) is 4.31. The van der Waals surface area contributed by atoms with E-state index in [1.54, 1.807) is 26.0 Å². The van der Waals surface area contributed by atoms with Gasteiger partial charge in [-0.1, -0.05) is 0 Å². The lowest BCUT2D eigenvalue weighted by Crippen LogP contribution is -2.21. The summed E-state index contributed by atoms with van der Waals surface area (Å²) < 4.78 is 5.36. The minimum atomic E-state index is -0.956. The van der Waals surface area contributed by atoms with Gasteiger partial charge in [0.2, 0.25) is 0 Å². The monoisotopic (exact) mass is 224 g/mol. The Labute approximate surface area is 94.5 Å². The molecule has 0 saturated heterocycles. The Morgan fingerprint density at radius 1 is 1.31 bits per heavy atom. The van der Waals surface area contributed by atoms with Crippen LogP contribution in [0.15, 0.2) is 24.3 Å². The van der Waals surface area contributed by atoms with Gasteiger partial charge in [-0.25, -0.2) is 4.79 Å². The van der Waals surface area contributed by atoms with Gasteiger partial charge in [0, 0.05) is 6.42 Å². The van der Waals surface area contributed by atoms with Crippen LogP contribution in [0.5, 0.6) is 5.75 Å². The van der Waals surface area contributed by atoms with Crippen molar-refractivity contribution in [1.29, 1.82) is 0 Å². The minimum Gasteiger partial charge on any atom is -0.493 e. The highest BCUT2D eigenvalue weighted by Crippen LogP contribution is 2.14. The van der Waals surface area contributed by atoms with Crippen LogP contribution in [0.1, 0.15) is 30.6 Å². The van der Waals surface area contributed by atoms with Crippen molar-refractivity contribution in [1.82, 2.24) is 0 Å². The van der Waals surface area contributed by atoms with Crippen molar-refractivity contribution in [3.63, 3.8) is 0 Å². The van der Waals surface area contributed by atoms with Gasteiger partial charge in [-0.15, -0.1) is 0 Å². The third-order valence-corrected chi connectivity index (χ3v) is 2.08. The first-order valence-corrected chi connectivity index (χ1v) is 5.07. The predicted molar refractivity (Wildman–Crippen MR) is 59.8 cm³/mol. The van der Waals surface area contributed by atoms with Crippen molar-refractivity contribution in [3.8, 4) is 5.75 Å². The van der Waals surface area contributed by atoms with Crippen LogP contribution < -0.4 is 4.74 Å². The molecule has 1 rings (SSSR count). The Bertz CT molecular complexity index is 348. The molecular formula is C12H16O4. The summed E-state index contributed by atoms with van der Waals surface area (Å²) in [6.07, 6.45) is 0.522. The highest BCUT2D eigenvalue weighted by atomic mass is 16.5. The second kappa shape index (κ2) is 4.99. The van der Waals surface area contributed by atoms with E-state index in [-0.39, 0.29) is 5.56 Å². The average molecular weight is 224 g/mol. The highest BCUT2D eigenvalue weighted by Gasteiger charge is 2.12. The van der Waals surface area contributed by atoms with Crippen molar-refractivity contribution in [3.05, 3.63) is 29.8 Å². The van der Waals surface area contributed by atoms with E-state index in [2.05, 4.69) is 0 Å². The number of carboxylic acids is 1. The van der Waals surface area contributed by atoms with E-state index in [0.29, 0.717) is 18.8 Å². The molecule has 0 bridgehead atoms. The number of ether oxygens (including phenoxy) is 1. The van der Waals surface area contributed by atoms with Crippen molar-refractivity contribution in [2.75, 3.05) is 6.61 Å². The first kappa shape index (κ1) is 12.5. The Kier molecular flexibility index (Phi) is 3.90. The largest absolute Gasteiger partial charge is 0.493 e. The molecule has 2 N–H and O–H groups in total. The van der Waals surface area contributed by atoms with Gasteiger partial charge < -0.3 is 14.9 Å². The molecule has 0 aliphatic heterocycles. The number of rotatable bonds is 5. The lowest BCUT2D eigenvalue weighted by Gasteiger charge is -2.16. The van der Waals surface area contributed by atoms with Gasteiger partial charge in [0.1, 0.15) is 5.75 Å².